The van der Waals surface area contributed by atoms with E-state index >= 15 is 0 Å². The van der Waals surface area contributed by atoms with Crippen LogP contribution in [0.25, 0.3) is 0 Å². The van der Waals surface area contributed by atoms with E-state index in [1.165, 1.54) is 0 Å². The van der Waals surface area contributed by atoms with Gasteiger partial charge in [-0.2, -0.15) is 0 Å². The number of carbonyl (C=O) groups is 4. The van der Waals surface area contributed by atoms with Crippen LogP contribution in [-0.4, -0.2) is 96.7 Å². The molecule has 0 aliphatic carbocycles. The summed E-state index contributed by atoms with van der Waals surface area (Å²) in [5, 5.41) is 10.0. The van der Waals surface area contributed by atoms with Crippen LogP contribution in [0.4, 0.5) is 0 Å². The fraction of sp³-hybridized carbons (Fsp3) is 0.852. The Morgan fingerprint density at radius 1 is 0.543 bits per heavy atom. The summed E-state index contributed by atoms with van der Waals surface area (Å²) < 4.78 is 63.8. The number of hydrogen-bond acceptors (Lipinski definition) is 15. The Kier molecular flexibility index (Phi) is 24.1. The van der Waals surface area contributed by atoms with Crippen LogP contribution in [0.3, 0.4) is 0 Å². The average molecular weight is 709 g/mol. The first kappa shape index (κ1) is 44.1. The molecule has 0 fully saturated rings. The number of unbranched alkanes of at least 4 members (excludes halogenated alkanes) is 3. The molecule has 5 atom stereocenters. The highest BCUT2D eigenvalue weighted by Gasteiger charge is 2.30. The van der Waals surface area contributed by atoms with E-state index in [0.29, 0.717) is 19.3 Å². The van der Waals surface area contributed by atoms with Gasteiger partial charge in [0.05, 0.1) is 26.4 Å². The first-order chi connectivity index (χ1) is 21.7. The van der Waals surface area contributed by atoms with E-state index in [1.54, 1.807) is 20.8 Å². The number of carbonyl (C=O) groups excluding carboxylic acids is 4. The van der Waals surface area contributed by atoms with Crippen molar-refractivity contribution in [3.63, 3.8) is 0 Å². The summed E-state index contributed by atoms with van der Waals surface area (Å²) in [5.74, 6) is -2.42. The van der Waals surface area contributed by atoms with Crippen molar-refractivity contribution in [2.45, 2.75) is 110 Å². The zero-order chi connectivity index (χ0) is 35.0. The fourth-order valence-corrected chi connectivity index (χ4v) is 4.79. The highest BCUT2D eigenvalue weighted by molar-refractivity contribution is 7.47. The summed E-state index contributed by atoms with van der Waals surface area (Å²) in [6.07, 6.45) is 0.429. The summed E-state index contributed by atoms with van der Waals surface area (Å²) in [6, 6.07) is 0. The van der Waals surface area contributed by atoms with Crippen molar-refractivity contribution in [2.75, 3.05) is 39.6 Å². The second kappa shape index (κ2) is 25.1. The second-order valence-corrected chi connectivity index (χ2v) is 12.9. The van der Waals surface area contributed by atoms with Crippen molar-refractivity contribution < 1.29 is 80.2 Å². The molecule has 0 rings (SSSR count). The van der Waals surface area contributed by atoms with Crippen LogP contribution in [0.2, 0.25) is 0 Å². The molecule has 0 saturated carbocycles. The van der Waals surface area contributed by atoms with Gasteiger partial charge < -0.3 is 33.8 Å². The van der Waals surface area contributed by atoms with Crippen molar-refractivity contribution in [1.29, 1.82) is 0 Å². The minimum absolute atomic E-state index is 0.0490. The maximum atomic E-state index is 12.3. The number of phosphoric acid groups is 2. The summed E-state index contributed by atoms with van der Waals surface area (Å²) in [5.41, 5.74) is 0. The average Bonchev–Trinajstić information content (AvgIpc) is 3.00. The van der Waals surface area contributed by atoms with Crippen LogP contribution in [0, 0.1) is 0 Å². The first-order valence-electron chi connectivity index (χ1n) is 15.3. The van der Waals surface area contributed by atoms with Gasteiger partial charge in [-0.05, 0) is 19.3 Å². The first-order valence-corrected chi connectivity index (χ1v) is 18.3. The van der Waals surface area contributed by atoms with E-state index in [9.17, 15) is 43.2 Å². The number of esters is 4. The van der Waals surface area contributed by atoms with Crippen LogP contribution in [-0.2, 0) is 65.4 Å². The zero-order valence-corrected chi connectivity index (χ0v) is 28.8. The maximum absolute atomic E-state index is 12.3. The highest BCUT2D eigenvalue weighted by atomic mass is 31.2. The summed E-state index contributed by atoms with van der Waals surface area (Å²) in [7, 11) is -9.71. The molecule has 17 nitrogen and oxygen atoms in total. The molecular weight excluding hydrogens is 658 g/mol. The van der Waals surface area contributed by atoms with Crippen LogP contribution in [0.15, 0.2) is 0 Å². The molecule has 0 aliphatic rings. The third-order valence-electron chi connectivity index (χ3n) is 5.60. The molecule has 0 amide bonds. The molecule has 0 saturated heterocycles. The topological polar surface area (TPSA) is 237 Å². The third-order valence-corrected chi connectivity index (χ3v) is 7.50. The quantitative estimate of drug-likeness (QED) is 0.0456. The van der Waals surface area contributed by atoms with Crippen molar-refractivity contribution in [2.24, 2.45) is 0 Å². The molecule has 3 N–H and O–H groups in total. The smallest absolute Gasteiger partial charge is 0.462 e. The standard InChI is InChI=1S/C27H50O17P2/c1-5-9-10-11-14-27(32)44-22(17-37-24(29)8-4)19-41-45(33,34)39-15-21(28)16-40-46(35,36)42-20-23(43-26(31)13-7-3)18-38-25(30)12-6-2/h21-23,28H,5-20H2,1-4H3,(H,33,34)(H,35,36)/t21-,22-,23-/m1/s1. The lowest BCUT2D eigenvalue weighted by Crippen LogP contribution is -2.30. The van der Waals surface area contributed by atoms with E-state index in [0.717, 1.165) is 19.3 Å². The van der Waals surface area contributed by atoms with Crippen LogP contribution in [0.5, 0.6) is 0 Å². The van der Waals surface area contributed by atoms with Gasteiger partial charge in [-0.1, -0.05) is 47.0 Å². The van der Waals surface area contributed by atoms with Crippen LogP contribution in [0.1, 0.15) is 91.9 Å². The van der Waals surface area contributed by atoms with Gasteiger partial charge in [0, 0.05) is 25.7 Å². The van der Waals surface area contributed by atoms with Crippen LogP contribution < -0.4 is 0 Å². The Balaban J connectivity index is 4.86. The Bertz CT molecular complexity index is 991. The molecule has 2 unspecified atom stereocenters. The molecule has 0 heterocycles. The fourth-order valence-electron chi connectivity index (χ4n) is 3.21. The normalized spacial score (nSPS) is 15.9. The SMILES string of the molecule is CCCCCCC(=O)O[C@H](COC(=O)CC)COP(=O)(O)OC[C@@H](O)COP(=O)(O)OC[C@@H](COC(=O)CCC)OC(=O)CCC. The predicted octanol–water partition coefficient (Wildman–Crippen LogP) is 3.51. The van der Waals surface area contributed by atoms with E-state index in [1.807, 2.05) is 6.92 Å². The van der Waals surface area contributed by atoms with Gasteiger partial charge in [0.15, 0.2) is 12.2 Å². The van der Waals surface area contributed by atoms with Gasteiger partial charge in [0.2, 0.25) is 0 Å². The minimum atomic E-state index is -4.86. The number of aliphatic hydroxyl groups is 1. The number of ether oxygens (including phenoxy) is 4. The summed E-state index contributed by atoms with van der Waals surface area (Å²) in [4.78, 5) is 67.1. The minimum Gasteiger partial charge on any atom is -0.462 e. The maximum Gasteiger partial charge on any atom is 0.472 e. The van der Waals surface area contributed by atoms with Crippen molar-refractivity contribution in [3.8, 4) is 0 Å². The number of hydrogen-bond donors (Lipinski definition) is 3. The summed E-state index contributed by atoms with van der Waals surface area (Å²) >= 11 is 0. The highest BCUT2D eigenvalue weighted by Crippen LogP contribution is 2.45. The Morgan fingerprint density at radius 3 is 1.43 bits per heavy atom. The number of rotatable bonds is 28. The lowest BCUT2D eigenvalue weighted by atomic mass is 10.1. The third kappa shape index (κ3) is 24.3. The van der Waals surface area contributed by atoms with Crippen molar-refractivity contribution in [1.82, 2.24) is 0 Å². The number of phosphoric ester groups is 2. The molecule has 0 aromatic heterocycles. The van der Waals surface area contributed by atoms with E-state index in [4.69, 9.17) is 28.0 Å². The Hall–Kier alpha value is -1.94. The summed E-state index contributed by atoms with van der Waals surface area (Å²) in [6.45, 7) is 3.02. The van der Waals surface area contributed by atoms with E-state index in [-0.39, 0.29) is 25.7 Å². The lowest BCUT2D eigenvalue weighted by molar-refractivity contribution is -0.161. The molecule has 19 heteroatoms. The Morgan fingerprint density at radius 2 is 0.978 bits per heavy atom. The van der Waals surface area contributed by atoms with E-state index in [2.05, 4.69) is 9.05 Å². The molecule has 0 aromatic carbocycles. The van der Waals surface area contributed by atoms with Gasteiger partial charge in [-0.25, -0.2) is 9.13 Å². The molecule has 46 heavy (non-hydrogen) atoms. The predicted molar refractivity (Wildman–Crippen MR) is 160 cm³/mol. The zero-order valence-electron chi connectivity index (χ0n) is 27.0. The lowest BCUT2D eigenvalue weighted by Gasteiger charge is -2.21. The largest absolute Gasteiger partial charge is 0.472 e. The van der Waals surface area contributed by atoms with Crippen molar-refractivity contribution >= 4 is 39.5 Å². The molecule has 0 spiro atoms. The number of aliphatic hydroxyl groups excluding tert-OH is 1. The molecular formula is C27H50O17P2. The van der Waals surface area contributed by atoms with Gasteiger partial charge in [-0.15, -0.1) is 0 Å². The van der Waals surface area contributed by atoms with Crippen LogP contribution >= 0.6 is 15.6 Å². The van der Waals surface area contributed by atoms with Gasteiger partial charge in [0.25, 0.3) is 0 Å². The van der Waals surface area contributed by atoms with Gasteiger partial charge >= 0.3 is 39.5 Å². The van der Waals surface area contributed by atoms with Gasteiger partial charge in [0.1, 0.15) is 19.3 Å². The van der Waals surface area contributed by atoms with E-state index < -0.39 is 97.5 Å². The monoisotopic (exact) mass is 708 g/mol. The second-order valence-electron chi connectivity index (χ2n) is 10.0. The molecule has 0 bridgehead atoms. The molecule has 0 aliphatic heterocycles. The molecule has 0 radical (unpaired) electrons. The Labute approximate surface area is 269 Å². The van der Waals surface area contributed by atoms with Crippen molar-refractivity contribution in [3.05, 3.63) is 0 Å². The molecule has 270 valence electrons. The van der Waals surface area contributed by atoms with Gasteiger partial charge in [-0.3, -0.25) is 37.3 Å². The molecule has 0 aromatic rings.